The van der Waals surface area contributed by atoms with Gasteiger partial charge in [-0.1, -0.05) is 17.4 Å². The molecule has 1 aliphatic rings. The lowest BCUT2D eigenvalue weighted by Crippen LogP contribution is -2.46. The molecule has 0 atom stereocenters. The molecule has 0 aliphatic carbocycles. The normalized spacial score (nSPS) is 14.7. The van der Waals surface area contributed by atoms with Crippen LogP contribution in [0.2, 0.25) is 0 Å². The van der Waals surface area contributed by atoms with E-state index in [-0.39, 0.29) is 11.6 Å². The Morgan fingerprint density at radius 3 is 3.00 bits per heavy atom. The largest absolute Gasteiger partial charge is 0.338 e. The van der Waals surface area contributed by atoms with Crippen LogP contribution in [0, 0.1) is 0 Å². The molecular formula is C15H14N6O2S. The van der Waals surface area contributed by atoms with Gasteiger partial charge in [0, 0.05) is 36.7 Å². The Morgan fingerprint density at radius 1 is 1.25 bits per heavy atom. The van der Waals surface area contributed by atoms with Gasteiger partial charge in [0.2, 0.25) is 10.1 Å². The van der Waals surface area contributed by atoms with Crippen molar-refractivity contribution in [1.82, 2.24) is 19.9 Å². The molecule has 0 bridgehead atoms. The van der Waals surface area contributed by atoms with Gasteiger partial charge < -0.3 is 10.6 Å². The van der Waals surface area contributed by atoms with E-state index in [1.54, 1.807) is 4.90 Å². The number of anilines is 3. The molecule has 1 aliphatic heterocycles. The number of nitrogens with one attached hydrogen (secondary N) is 2. The minimum absolute atomic E-state index is 0.0888. The van der Waals surface area contributed by atoms with Crippen molar-refractivity contribution in [2.24, 2.45) is 0 Å². The summed E-state index contributed by atoms with van der Waals surface area (Å²) >= 11 is 1.29. The molecule has 3 aromatic rings. The first-order valence-electron chi connectivity index (χ1n) is 7.48. The van der Waals surface area contributed by atoms with E-state index in [1.807, 2.05) is 24.3 Å². The fourth-order valence-electron chi connectivity index (χ4n) is 2.55. The highest BCUT2D eigenvalue weighted by molar-refractivity contribution is 7.20. The summed E-state index contributed by atoms with van der Waals surface area (Å²) in [5, 5.41) is 10.8. The number of nitrogens with zero attached hydrogens (tertiary/aromatic N) is 4. The van der Waals surface area contributed by atoms with Crippen LogP contribution in [0.25, 0.3) is 4.96 Å². The maximum Gasteiger partial charge on any atom is 0.321 e. The van der Waals surface area contributed by atoms with Gasteiger partial charge in [0.05, 0.1) is 0 Å². The van der Waals surface area contributed by atoms with Gasteiger partial charge in [0.1, 0.15) is 0 Å². The number of urea groups is 1. The minimum Gasteiger partial charge on any atom is -0.338 e. The Labute approximate surface area is 140 Å². The molecule has 8 nitrogen and oxygen atoms in total. The van der Waals surface area contributed by atoms with E-state index in [9.17, 15) is 9.59 Å². The molecule has 0 spiro atoms. The quantitative estimate of drug-likeness (QED) is 0.757. The van der Waals surface area contributed by atoms with Gasteiger partial charge in [0.15, 0.2) is 0 Å². The molecule has 2 N–H and O–H groups in total. The molecule has 2 aromatic heterocycles. The van der Waals surface area contributed by atoms with E-state index in [4.69, 9.17) is 0 Å². The van der Waals surface area contributed by atoms with Crippen molar-refractivity contribution in [3.63, 3.8) is 0 Å². The third kappa shape index (κ3) is 2.69. The molecule has 24 heavy (non-hydrogen) atoms. The fraction of sp³-hybridized carbons (Fsp3) is 0.200. The lowest BCUT2D eigenvalue weighted by Gasteiger charge is -2.27. The number of benzene rings is 1. The summed E-state index contributed by atoms with van der Waals surface area (Å²) in [6.07, 6.45) is 2.38. The Kier molecular flexibility index (Phi) is 3.62. The number of carbonyl (C=O) groups is 1. The molecule has 1 saturated heterocycles. The van der Waals surface area contributed by atoms with E-state index >= 15 is 0 Å². The zero-order valence-electron chi connectivity index (χ0n) is 12.6. The van der Waals surface area contributed by atoms with Crippen molar-refractivity contribution in [1.29, 1.82) is 0 Å². The maximum atomic E-state index is 12.0. The second kappa shape index (κ2) is 5.93. The molecule has 3 heterocycles. The molecule has 2 amide bonds. The third-order valence-corrected chi connectivity index (χ3v) is 4.50. The predicted octanol–water partition coefficient (Wildman–Crippen LogP) is 1.81. The van der Waals surface area contributed by atoms with E-state index in [1.165, 1.54) is 28.1 Å². The van der Waals surface area contributed by atoms with Crippen molar-refractivity contribution in [2.45, 2.75) is 6.42 Å². The summed E-state index contributed by atoms with van der Waals surface area (Å²) in [4.78, 5) is 30.0. The minimum atomic E-state index is -0.219. The zero-order chi connectivity index (χ0) is 16.5. The number of carbonyl (C=O) groups excluding carboxylic acids is 1. The fourth-order valence-corrected chi connectivity index (χ4v) is 3.34. The maximum absolute atomic E-state index is 12.0. The van der Waals surface area contributed by atoms with Crippen molar-refractivity contribution < 1.29 is 4.79 Å². The standard InChI is InChI=1S/C15H14N6O2S/c22-12-5-7-17-15-21(12)19-13(24-15)18-10-3-1-4-11(9-10)20-8-2-6-16-14(20)23/h1,3-5,7,9H,2,6,8H2,(H,16,23)(H,18,19). The molecule has 122 valence electrons. The highest BCUT2D eigenvalue weighted by Gasteiger charge is 2.19. The molecule has 0 radical (unpaired) electrons. The van der Waals surface area contributed by atoms with Gasteiger partial charge in [-0.3, -0.25) is 9.69 Å². The monoisotopic (exact) mass is 342 g/mol. The average molecular weight is 342 g/mol. The van der Waals surface area contributed by atoms with E-state index in [0.717, 1.165) is 17.8 Å². The number of hydrogen-bond donors (Lipinski definition) is 2. The van der Waals surface area contributed by atoms with Gasteiger partial charge in [0.25, 0.3) is 5.56 Å². The number of rotatable bonds is 3. The van der Waals surface area contributed by atoms with E-state index in [2.05, 4.69) is 20.7 Å². The van der Waals surface area contributed by atoms with Gasteiger partial charge in [-0.15, -0.1) is 5.10 Å². The Morgan fingerprint density at radius 2 is 2.17 bits per heavy atom. The third-order valence-electron chi connectivity index (χ3n) is 3.66. The Bertz CT molecular complexity index is 966. The van der Waals surface area contributed by atoms with Crippen LogP contribution in [0.3, 0.4) is 0 Å². The average Bonchev–Trinajstić information content (AvgIpc) is 2.99. The number of amides is 2. The van der Waals surface area contributed by atoms with Gasteiger partial charge >= 0.3 is 6.03 Å². The van der Waals surface area contributed by atoms with Crippen LogP contribution in [0.5, 0.6) is 0 Å². The van der Waals surface area contributed by atoms with Gasteiger partial charge in [-0.05, 0) is 24.6 Å². The summed E-state index contributed by atoms with van der Waals surface area (Å²) < 4.78 is 1.26. The van der Waals surface area contributed by atoms with Crippen molar-refractivity contribution in [3.05, 3.63) is 46.9 Å². The van der Waals surface area contributed by atoms with Crippen LogP contribution in [0.4, 0.5) is 21.3 Å². The summed E-state index contributed by atoms with van der Waals surface area (Å²) in [6, 6.07) is 8.80. The smallest absolute Gasteiger partial charge is 0.321 e. The summed E-state index contributed by atoms with van der Waals surface area (Å²) in [6.45, 7) is 1.40. The lowest BCUT2D eigenvalue weighted by molar-refractivity contribution is 0.243. The van der Waals surface area contributed by atoms with Crippen LogP contribution >= 0.6 is 11.3 Å². The van der Waals surface area contributed by atoms with E-state index in [0.29, 0.717) is 23.2 Å². The van der Waals surface area contributed by atoms with E-state index < -0.39 is 0 Å². The predicted molar refractivity (Wildman–Crippen MR) is 92.2 cm³/mol. The molecule has 9 heteroatoms. The molecule has 4 rings (SSSR count). The molecule has 1 aromatic carbocycles. The topological polar surface area (TPSA) is 91.6 Å². The second-order valence-electron chi connectivity index (χ2n) is 5.30. The van der Waals surface area contributed by atoms with Gasteiger partial charge in [-0.25, -0.2) is 9.78 Å². The Balaban J connectivity index is 1.62. The van der Waals surface area contributed by atoms with Crippen LogP contribution in [0.1, 0.15) is 6.42 Å². The number of fused-ring (bicyclic) bond motifs is 1. The van der Waals surface area contributed by atoms with Crippen molar-refractivity contribution in [2.75, 3.05) is 23.3 Å². The Hall–Kier alpha value is -2.94. The summed E-state index contributed by atoms with van der Waals surface area (Å²) in [5.41, 5.74) is 1.38. The first-order chi connectivity index (χ1) is 11.7. The first kappa shape index (κ1) is 14.6. The van der Waals surface area contributed by atoms with Crippen LogP contribution in [-0.4, -0.2) is 33.7 Å². The SMILES string of the molecule is O=C1NCCCN1c1cccc(Nc2nn3c(=O)ccnc3s2)c1. The van der Waals surface area contributed by atoms with Crippen LogP contribution < -0.4 is 21.1 Å². The summed E-state index contributed by atoms with van der Waals surface area (Å²) in [7, 11) is 0. The highest BCUT2D eigenvalue weighted by atomic mass is 32.1. The number of aromatic nitrogens is 3. The molecule has 0 unspecified atom stereocenters. The summed E-state index contributed by atoms with van der Waals surface area (Å²) in [5.74, 6) is 0. The van der Waals surface area contributed by atoms with Crippen LogP contribution in [-0.2, 0) is 0 Å². The highest BCUT2D eigenvalue weighted by Crippen LogP contribution is 2.25. The zero-order valence-corrected chi connectivity index (χ0v) is 13.4. The molecule has 0 saturated carbocycles. The second-order valence-corrected chi connectivity index (χ2v) is 6.25. The van der Waals surface area contributed by atoms with Gasteiger partial charge in [-0.2, -0.15) is 4.52 Å². The first-order valence-corrected chi connectivity index (χ1v) is 8.30. The molecule has 1 fully saturated rings. The molecular weight excluding hydrogens is 328 g/mol. The van der Waals surface area contributed by atoms with Crippen molar-refractivity contribution >= 4 is 38.8 Å². The van der Waals surface area contributed by atoms with Crippen molar-refractivity contribution in [3.8, 4) is 0 Å². The van der Waals surface area contributed by atoms with Crippen LogP contribution in [0.15, 0.2) is 41.3 Å². The lowest BCUT2D eigenvalue weighted by atomic mass is 10.2. The number of hydrogen-bond acceptors (Lipinski definition) is 6.